The number of aldehydes is 1. The Morgan fingerprint density at radius 3 is 2.50 bits per heavy atom. The maximum Gasteiger partial charge on any atom is 0.305 e. The van der Waals surface area contributed by atoms with Gasteiger partial charge in [-0.05, 0) is 37.0 Å². The first-order valence-electron chi connectivity index (χ1n) is 7.00. The van der Waals surface area contributed by atoms with Crippen LogP contribution in [0, 0.1) is 11.3 Å². The van der Waals surface area contributed by atoms with Crippen molar-refractivity contribution in [2.45, 2.75) is 38.1 Å². The van der Waals surface area contributed by atoms with Gasteiger partial charge in [-0.25, -0.2) is 0 Å². The number of nitrogens with one attached hydrogen (secondary N) is 1. The van der Waals surface area contributed by atoms with Gasteiger partial charge < -0.3 is 15.2 Å². The van der Waals surface area contributed by atoms with Gasteiger partial charge in [0.05, 0.1) is 24.1 Å². The van der Waals surface area contributed by atoms with Crippen molar-refractivity contribution in [3.05, 3.63) is 35.4 Å². The van der Waals surface area contributed by atoms with Crippen LogP contribution in [-0.2, 0) is 20.8 Å². The number of aryl methyl sites for hydroxylation is 1. The first kappa shape index (κ1) is 17.4. The minimum atomic E-state index is -1.13. The van der Waals surface area contributed by atoms with Crippen LogP contribution in [-0.4, -0.2) is 29.3 Å². The van der Waals surface area contributed by atoms with E-state index in [2.05, 4.69) is 11.4 Å². The second kappa shape index (κ2) is 9.29. The number of carbonyl (C=O) groups excluding carboxylic acids is 2. The highest BCUT2D eigenvalue weighted by Gasteiger charge is 2.14. The molecule has 6 nitrogen and oxygen atoms in total. The van der Waals surface area contributed by atoms with E-state index in [1.54, 1.807) is 12.1 Å². The summed E-state index contributed by atoms with van der Waals surface area (Å²) >= 11 is 0. The van der Waals surface area contributed by atoms with E-state index < -0.39 is 18.4 Å². The van der Waals surface area contributed by atoms with Crippen molar-refractivity contribution in [2.75, 3.05) is 0 Å². The lowest BCUT2D eigenvalue weighted by Crippen LogP contribution is -2.37. The second-order valence-corrected chi connectivity index (χ2v) is 4.92. The van der Waals surface area contributed by atoms with E-state index in [0.29, 0.717) is 18.3 Å². The minimum Gasteiger partial charge on any atom is -0.481 e. The highest BCUT2D eigenvalue weighted by molar-refractivity contribution is 5.82. The Bertz CT molecular complexity index is 561. The van der Waals surface area contributed by atoms with Gasteiger partial charge in [0, 0.05) is 6.42 Å². The molecular weight excluding hydrogens is 284 g/mol. The summed E-state index contributed by atoms with van der Waals surface area (Å²) in [4.78, 5) is 32.7. The van der Waals surface area contributed by atoms with Crippen molar-refractivity contribution in [1.29, 1.82) is 5.26 Å². The Kier molecular flexibility index (Phi) is 7.34. The number of hydrogen-bond acceptors (Lipinski definition) is 4. The van der Waals surface area contributed by atoms with E-state index in [0.717, 1.165) is 18.4 Å². The Morgan fingerprint density at radius 2 is 1.95 bits per heavy atom. The molecule has 0 radical (unpaired) electrons. The molecule has 1 rings (SSSR count). The van der Waals surface area contributed by atoms with E-state index in [4.69, 9.17) is 10.4 Å². The second-order valence-electron chi connectivity index (χ2n) is 4.92. The van der Waals surface area contributed by atoms with Gasteiger partial charge in [0.15, 0.2) is 0 Å². The number of hydrogen-bond donors (Lipinski definition) is 2. The quantitative estimate of drug-likeness (QED) is 0.530. The van der Waals surface area contributed by atoms with Crippen LogP contribution in [0.1, 0.15) is 36.8 Å². The summed E-state index contributed by atoms with van der Waals surface area (Å²) in [7, 11) is 0. The monoisotopic (exact) mass is 302 g/mol. The fourth-order valence-corrected chi connectivity index (χ4v) is 1.96. The molecule has 1 aromatic rings. The molecule has 116 valence electrons. The van der Waals surface area contributed by atoms with E-state index in [1.807, 2.05) is 12.1 Å². The van der Waals surface area contributed by atoms with E-state index in [-0.39, 0.29) is 12.3 Å². The molecule has 0 heterocycles. The molecule has 0 bridgehead atoms. The number of rotatable bonds is 9. The Labute approximate surface area is 128 Å². The van der Waals surface area contributed by atoms with Crippen LogP contribution in [0.2, 0.25) is 0 Å². The van der Waals surface area contributed by atoms with Crippen molar-refractivity contribution in [3.63, 3.8) is 0 Å². The molecular formula is C16H18N2O4. The molecule has 0 aliphatic carbocycles. The third-order valence-corrected chi connectivity index (χ3v) is 3.11. The number of amides is 1. The van der Waals surface area contributed by atoms with Crippen LogP contribution in [0.3, 0.4) is 0 Å². The molecule has 0 aliphatic rings. The largest absolute Gasteiger partial charge is 0.481 e. The van der Waals surface area contributed by atoms with E-state index >= 15 is 0 Å². The minimum absolute atomic E-state index is 0.250. The molecule has 1 amide bonds. The number of nitrogens with zero attached hydrogens (tertiary/aromatic N) is 1. The molecule has 2 N–H and O–H groups in total. The summed E-state index contributed by atoms with van der Waals surface area (Å²) < 4.78 is 0. The van der Waals surface area contributed by atoms with Gasteiger partial charge in [-0.15, -0.1) is 0 Å². The van der Waals surface area contributed by atoms with Gasteiger partial charge in [0.25, 0.3) is 0 Å². The van der Waals surface area contributed by atoms with Crippen molar-refractivity contribution in [1.82, 2.24) is 5.32 Å². The summed E-state index contributed by atoms with van der Waals surface area (Å²) in [5.74, 6) is -1.45. The standard InChI is InChI=1S/C16H18N2O4/c17-10-13-7-5-12(6-8-13)3-1-2-4-15(20)18-14(11-19)9-16(21)22/h5-8,11,14H,1-4,9H2,(H,18,20)(H,21,22)/t14-/m0/s1. The molecule has 0 saturated heterocycles. The van der Waals surface area contributed by atoms with Crippen LogP contribution in [0.15, 0.2) is 24.3 Å². The number of unbranched alkanes of at least 4 members (excludes halogenated alkanes) is 1. The number of carboxylic acids is 1. The summed E-state index contributed by atoms with van der Waals surface area (Å²) in [6, 6.07) is 8.35. The SMILES string of the molecule is N#Cc1ccc(CCCCC(=O)N[C@H](C=O)CC(=O)O)cc1. The summed E-state index contributed by atoms with van der Waals surface area (Å²) in [6.07, 6.45) is 2.52. The number of nitriles is 1. The highest BCUT2D eigenvalue weighted by Crippen LogP contribution is 2.08. The maximum absolute atomic E-state index is 11.6. The average Bonchev–Trinajstić information content (AvgIpc) is 2.51. The maximum atomic E-state index is 11.6. The van der Waals surface area contributed by atoms with Crippen LogP contribution < -0.4 is 5.32 Å². The van der Waals surface area contributed by atoms with E-state index in [1.165, 1.54) is 0 Å². The van der Waals surface area contributed by atoms with Gasteiger partial charge in [0.2, 0.25) is 5.91 Å². The van der Waals surface area contributed by atoms with Gasteiger partial charge in [-0.2, -0.15) is 5.26 Å². The fourth-order valence-electron chi connectivity index (χ4n) is 1.96. The lowest BCUT2D eigenvalue weighted by molar-refractivity contribution is -0.138. The number of benzene rings is 1. The molecule has 1 atom stereocenters. The number of carbonyl (C=O) groups is 3. The topological polar surface area (TPSA) is 107 Å². The fraction of sp³-hybridized carbons (Fsp3) is 0.375. The molecule has 0 fully saturated rings. The Morgan fingerprint density at radius 1 is 1.27 bits per heavy atom. The predicted octanol–water partition coefficient (Wildman–Crippen LogP) is 1.43. The van der Waals surface area contributed by atoms with Crippen LogP contribution in [0.5, 0.6) is 0 Å². The third-order valence-electron chi connectivity index (χ3n) is 3.11. The molecule has 1 aromatic carbocycles. The van der Waals surface area contributed by atoms with Crippen LogP contribution >= 0.6 is 0 Å². The summed E-state index contributed by atoms with van der Waals surface area (Å²) in [5, 5.41) is 19.7. The third kappa shape index (κ3) is 6.66. The van der Waals surface area contributed by atoms with E-state index in [9.17, 15) is 14.4 Å². The molecule has 0 unspecified atom stereocenters. The van der Waals surface area contributed by atoms with Gasteiger partial charge in [-0.3, -0.25) is 9.59 Å². The zero-order valence-electron chi connectivity index (χ0n) is 12.1. The molecule has 0 aromatic heterocycles. The zero-order chi connectivity index (χ0) is 16.4. The van der Waals surface area contributed by atoms with Crippen molar-refractivity contribution in [3.8, 4) is 6.07 Å². The lowest BCUT2D eigenvalue weighted by Gasteiger charge is -2.10. The van der Waals surface area contributed by atoms with Crippen molar-refractivity contribution >= 4 is 18.2 Å². The number of aliphatic carboxylic acids is 1. The molecule has 0 saturated carbocycles. The van der Waals surface area contributed by atoms with Gasteiger partial charge in [-0.1, -0.05) is 12.1 Å². The first-order chi connectivity index (χ1) is 10.5. The van der Waals surface area contributed by atoms with Crippen molar-refractivity contribution < 1.29 is 19.5 Å². The van der Waals surface area contributed by atoms with Gasteiger partial charge in [0.1, 0.15) is 6.29 Å². The molecule has 0 aliphatic heterocycles. The summed E-state index contributed by atoms with van der Waals surface area (Å²) in [6.45, 7) is 0. The molecule has 6 heteroatoms. The Balaban J connectivity index is 2.25. The smallest absolute Gasteiger partial charge is 0.305 e. The number of carboxylic acid groups (broad SMARTS) is 1. The normalized spacial score (nSPS) is 11.2. The Hall–Kier alpha value is -2.68. The van der Waals surface area contributed by atoms with Crippen LogP contribution in [0.25, 0.3) is 0 Å². The average molecular weight is 302 g/mol. The summed E-state index contributed by atoms with van der Waals surface area (Å²) in [5.41, 5.74) is 1.71. The predicted molar refractivity (Wildman–Crippen MR) is 79.0 cm³/mol. The lowest BCUT2D eigenvalue weighted by atomic mass is 10.1. The zero-order valence-corrected chi connectivity index (χ0v) is 12.1. The highest BCUT2D eigenvalue weighted by atomic mass is 16.4. The van der Waals surface area contributed by atoms with Crippen molar-refractivity contribution in [2.24, 2.45) is 0 Å². The first-order valence-corrected chi connectivity index (χ1v) is 7.00. The van der Waals surface area contributed by atoms with Crippen LogP contribution in [0.4, 0.5) is 0 Å². The molecule has 22 heavy (non-hydrogen) atoms. The molecule has 0 spiro atoms. The van der Waals surface area contributed by atoms with Gasteiger partial charge >= 0.3 is 5.97 Å².